The molecule has 0 saturated heterocycles. The van der Waals surface area contributed by atoms with Crippen LogP contribution in [-0.4, -0.2) is 23.7 Å². The molecule has 52 heavy (non-hydrogen) atoms. The largest absolute Gasteiger partial charge is 0.309 e. The maximum atomic E-state index is 8.52. The van der Waals surface area contributed by atoms with Gasteiger partial charge in [0, 0.05) is 43.9 Å². The summed E-state index contributed by atoms with van der Waals surface area (Å²) >= 11 is 0. The first-order valence-corrected chi connectivity index (χ1v) is 17.2. The van der Waals surface area contributed by atoms with Crippen molar-refractivity contribution in [1.29, 1.82) is 0 Å². The summed E-state index contributed by atoms with van der Waals surface area (Å²) in [5, 5.41) is 5.47. The Balaban J connectivity index is 1.27. The number of nitrogens with zero attached hydrogens (tertiary/aromatic N) is 5. The predicted molar refractivity (Wildman–Crippen MR) is 215 cm³/mol. The summed E-state index contributed by atoms with van der Waals surface area (Å²) in [4.78, 5) is 10.8. The number of para-hydroxylation sites is 6. The molecule has 5 heteroatoms. The standard InChI is InChI=1S/C47H31N5/c1-30-26-27-44-37(28-30)35-18-6-12-24-42(35)52(44)46-29-45(51-40-22-10-4-16-33(40)34-17-5-11-23-41(34)51)48-47(49-46)36-19-7-13-25-43(36)50-38-20-8-2-14-31(38)32-15-3-9-21-39(32)50/h2-29H,1H3/i2D,3D,4D,5D,6D. The van der Waals surface area contributed by atoms with Crippen molar-refractivity contribution in [2.45, 2.75) is 6.92 Å². The second-order valence-corrected chi connectivity index (χ2v) is 13.2. The Morgan fingerprint density at radius 2 is 0.827 bits per heavy atom. The number of aromatic nitrogens is 5. The molecule has 7 aromatic carbocycles. The SMILES string of the molecule is [2H]c1ccc2c(c1)c1cc([2H])ccc1n2-c1cc(-n2c3ccc([2H])cc3c3cc(C)ccc32)nc(-c2ccccc2-n2c3ccc([2H])cc3c3cc([2H])ccc32)n1. The highest BCUT2D eigenvalue weighted by atomic mass is 15.1. The van der Waals surface area contributed by atoms with Crippen molar-refractivity contribution in [3.05, 3.63) is 175 Å². The van der Waals surface area contributed by atoms with Crippen LogP contribution in [0.25, 0.3) is 94.1 Å². The number of fused-ring (bicyclic) bond motifs is 9. The van der Waals surface area contributed by atoms with Gasteiger partial charge in [-0.15, -0.1) is 0 Å². The van der Waals surface area contributed by atoms with Gasteiger partial charge in [-0.25, -0.2) is 9.97 Å². The number of aryl methyl sites for hydroxylation is 1. The molecule has 0 amide bonds. The van der Waals surface area contributed by atoms with E-state index in [1.54, 1.807) is 30.3 Å². The minimum atomic E-state index is 0.380. The lowest BCUT2D eigenvalue weighted by Gasteiger charge is -2.16. The Labute approximate surface area is 306 Å². The van der Waals surface area contributed by atoms with Crippen LogP contribution in [0.2, 0.25) is 0 Å². The first-order valence-electron chi connectivity index (χ1n) is 19.7. The van der Waals surface area contributed by atoms with Gasteiger partial charge < -0.3 is 4.57 Å². The van der Waals surface area contributed by atoms with Gasteiger partial charge in [0.25, 0.3) is 0 Å². The van der Waals surface area contributed by atoms with Crippen LogP contribution in [0.1, 0.15) is 12.4 Å². The van der Waals surface area contributed by atoms with Gasteiger partial charge in [-0.05, 0) is 61.5 Å². The van der Waals surface area contributed by atoms with Crippen LogP contribution in [0.4, 0.5) is 0 Å². The van der Waals surface area contributed by atoms with E-state index in [4.69, 9.17) is 16.8 Å². The fourth-order valence-electron chi connectivity index (χ4n) is 8.00. The van der Waals surface area contributed by atoms with Crippen LogP contribution in [-0.2, 0) is 0 Å². The minimum absolute atomic E-state index is 0.380. The molecular formula is C47H31N5. The zero-order valence-electron chi connectivity index (χ0n) is 33.0. The third-order valence-electron chi connectivity index (χ3n) is 10.2. The normalized spacial score (nSPS) is 13.3. The van der Waals surface area contributed by atoms with E-state index in [-0.39, 0.29) is 0 Å². The monoisotopic (exact) mass is 670 g/mol. The molecular weight excluding hydrogens is 635 g/mol. The second kappa shape index (κ2) is 11.0. The molecule has 4 heterocycles. The van der Waals surface area contributed by atoms with Crippen LogP contribution in [0.5, 0.6) is 0 Å². The smallest absolute Gasteiger partial charge is 0.166 e. The molecule has 0 aliphatic rings. The van der Waals surface area contributed by atoms with E-state index >= 15 is 0 Å². The predicted octanol–water partition coefficient (Wildman–Crippen LogP) is 11.7. The van der Waals surface area contributed by atoms with E-state index in [2.05, 4.69) is 44.9 Å². The highest BCUT2D eigenvalue weighted by molar-refractivity contribution is 6.11. The molecule has 11 rings (SSSR count). The van der Waals surface area contributed by atoms with Crippen molar-refractivity contribution in [1.82, 2.24) is 23.7 Å². The molecule has 11 aromatic rings. The van der Waals surface area contributed by atoms with E-state index in [1.807, 2.05) is 84.9 Å². The molecule has 0 N–H and O–H groups in total. The number of rotatable bonds is 4. The molecule has 4 aromatic heterocycles. The van der Waals surface area contributed by atoms with Gasteiger partial charge in [0.2, 0.25) is 0 Å². The quantitative estimate of drug-likeness (QED) is 0.187. The average molecular weight is 671 g/mol. The van der Waals surface area contributed by atoms with Crippen LogP contribution in [0.15, 0.2) is 170 Å². The number of hydrogen-bond acceptors (Lipinski definition) is 2. The summed E-state index contributed by atoms with van der Waals surface area (Å²) in [6.45, 7) is 2.07. The summed E-state index contributed by atoms with van der Waals surface area (Å²) in [5.41, 5.74) is 8.10. The molecule has 5 nitrogen and oxygen atoms in total. The van der Waals surface area contributed by atoms with Crippen molar-refractivity contribution >= 4 is 65.4 Å². The van der Waals surface area contributed by atoms with Crippen molar-refractivity contribution in [3.63, 3.8) is 0 Å². The molecule has 0 unspecified atom stereocenters. The van der Waals surface area contributed by atoms with Crippen molar-refractivity contribution in [3.8, 4) is 28.7 Å². The summed E-state index contributed by atoms with van der Waals surface area (Å²) < 4.78 is 48.8. The Hall–Kier alpha value is -6.98. The molecule has 0 atom stereocenters. The van der Waals surface area contributed by atoms with E-state index in [9.17, 15) is 0 Å². The topological polar surface area (TPSA) is 40.6 Å². The van der Waals surface area contributed by atoms with Gasteiger partial charge >= 0.3 is 0 Å². The first kappa shape index (κ1) is 24.2. The fourth-order valence-corrected chi connectivity index (χ4v) is 8.00. The van der Waals surface area contributed by atoms with E-state index < -0.39 is 0 Å². The Morgan fingerprint density at radius 1 is 0.404 bits per heavy atom. The van der Waals surface area contributed by atoms with Gasteiger partial charge in [-0.1, -0.05) is 115 Å². The molecule has 0 spiro atoms. The molecule has 0 radical (unpaired) electrons. The third kappa shape index (κ3) is 4.11. The van der Waals surface area contributed by atoms with Crippen molar-refractivity contribution in [2.24, 2.45) is 0 Å². The van der Waals surface area contributed by atoms with E-state index in [1.165, 1.54) is 0 Å². The molecule has 0 aliphatic heterocycles. The van der Waals surface area contributed by atoms with Gasteiger partial charge in [0.05, 0.1) is 45.6 Å². The maximum absolute atomic E-state index is 8.52. The number of hydrogen-bond donors (Lipinski definition) is 0. The molecule has 0 aliphatic carbocycles. The Morgan fingerprint density at radius 3 is 1.33 bits per heavy atom. The lowest BCUT2D eigenvalue weighted by Crippen LogP contribution is -2.07. The summed E-state index contributed by atoms with van der Waals surface area (Å²) in [6, 6.07) is 46.4. The summed E-state index contributed by atoms with van der Waals surface area (Å²) in [7, 11) is 0. The fraction of sp³-hybridized carbons (Fsp3) is 0.0213. The number of benzene rings is 7. The molecule has 244 valence electrons. The minimum Gasteiger partial charge on any atom is -0.309 e. The van der Waals surface area contributed by atoms with Crippen LogP contribution in [0, 0.1) is 6.92 Å². The Kier molecular flexibility index (Phi) is 5.13. The van der Waals surface area contributed by atoms with Crippen LogP contribution in [0.3, 0.4) is 0 Å². The molecule has 0 saturated carbocycles. The van der Waals surface area contributed by atoms with Gasteiger partial charge in [0.1, 0.15) is 11.6 Å². The van der Waals surface area contributed by atoms with Gasteiger partial charge in [-0.3, -0.25) is 9.13 Å². The lowest BCUT2D eigenvalue weighted by molar-refractivity contribution is 0.991. The third-order valence-corrected chi connectivity index (χ3v) is 10.2. The van der Waals surface area contributed by atoms with Crippen molar-refractivity contribution < 1.29 is 6.85 Å². The first-order chi connectivity index (χ1) is 27.7. The summed E-state index contributed by atoms with van der Waals surface area (Å²) in [5.74, 6) is 1.72. The molecule has 0 fully saturated rings. The van der Waals surface area contributed by atoms with Gasteiger partial charge in [0.15, 0.2) is 5.82 Å². The zero-order valence-corrected chi connectivity index (χ0v) is 28.0. The zero-order chi connectivity index (χ0) is 38.7. The van der Waals surface area contributed by atoms with Crippen LogP contribution < -0.4 is 0 Å². The highest BCUT2D eigenvalue weighted by Gasteiger charge is 2.22. The van der Waals surface area contributed by atoms with Gasteiger partial charge in [-0.2, -0.15) is 0 Å². The summed E-state index contributed by atoms with van der Waals surface area (Å²) in [6.07, 6.45) is 0. The molecule has 0 bridgehead atoms. The van der Waals surface area contributed by atoms with E-state index in [0.29, 0.717) is 47.7 Å². The van der Waals surface area contributed by atoms with E-state index in [0.717, 1.165) is 82.2 Å². The highest BCUT2D eigenvalue weighted by Crippen LogP contribution is 2.38. The Bertz CT molecular complexity index is 3180. The maximum Gasteiger partial charge on any atom is 0.166 e. The average Bonchev–Trinajstić information content (AvgIpc) is 3.81. The lowest BCUT2D eigenvalue weighted by atomic mass is 10.1. The second-order valence-electron chi connectivity index (χ2n) is 13.2. The van der Waals surface area contributed by atoms with Crippen LogP contribution >= 0.6 is 0 Å². The van der Waals surface area contributed by atoms with Crippen molar-refractivity contribution in [2.75, 3.05) is 0 Å².